The summed E-state index contributed by atoms with van der Waals surface area (Å²) in [5, 5.41) is 0. The van der Waals surface area contributed by atoms with Crippen LogP contribution in [0, 0.1) is 12.8 Å². The van der Waals surface area contributed by atoms with Crippen LogP contribution in [-0.4, -0.2) is 37.4 Å². The lowest BCUT2D eigenvalue weighted by Gasteiger charge is -2.44. The number of carbonyl (C=O) groups is 1. The van der Waals surface area contributed by atoms with E-state index in [1.54, 1.807) is 31.2 Å². The molecule has 5 nitrogen and oxygen atoms in total. The predicted molar refractivity (Wildman–Crippen MR) is 100 cm³/mol. The number of hydrogen-bond acceptors (Lipinski definition) is 4. The van der Waals surface area contributed by atoms with Gasteiger partial charge in [0.15, 0.2) is 0 Å². The molecule has 0 N–H and O–H groups in total. The number of fused-ring (bicyclic) bond motifs is 1. The maximum absolute atomic E-state index is 13.7. The molecule has 0 aromatic heterocycles. The molecule has 3 unspecified atom stereocenters. The summed E-state index contributed by atoms with van der Waals surface area (Å²) in [6, 6.07) is 6.76. The number of hydrogen-bond donors (Lipinski definition) is 0. The number of sulfonamides is 1. The van der Waals surface area contributed by atoms with E-state index in [9.17, 15) is 13.2 Å². The summed E-state index contributed by atoms with van der Waals surface area (Å²) in [5.74, 6) is -0.144. The molecule has 0 bridgehead atoms. The first kappa shape index (κ1) is 19.4. The normalized spacial score (nSPS) is 30.3. The fourth-order valence-electron chi connectivity index (χ4n) is 4.70. The molecular weight excluding hydrogens is 350 g/mol. The van der Waals surface area contributed by atoms with Crippen LogP contribution < -0.4 is 0 Å². The van der Waals surface area contributed by atoms with E-state index in [4.69, 9.17) is 4.74 Å². The fourth-order valence-corrected chi connectivity index (χ4v) is 6.73. The molecule has 0 spiro atoms. The van der Waals surface area contributed by atoms with Gasteiger partial charge in [-0.1, -0.05) is 37.0 Å². The lowest BCUT2D eigenvalue weighted by Crippen LogP contribution is -2.60. The van der Waals surface area contributed by atoms with Crippen LogP contribution in [-0.2, 0) is 19.6 Å². The SMILES string of the molecule is COC(=O)C1(C)CCCC2CCCCC2N1S(=O)(=O)c1ccc(C)cc1. The van der Waals surface area contributed by atoms with Gasteiger partial charge in [-0.05, 0) is 57.6 Å². The van der Waals surface area contributed by atoms with Gasteiger partial charge in [0.05, 0.1) is 12.0 Å². The van der Waals surface area contributed by atoms with Gasteiger partial charge in [0.1, 0.15) is 5.54 Å². The summed E-state index contributed by atoms with van der Waals surface area (Å²) >= 11 is 0. The summed E-state index contributed by atoms with van der Waals surface area (Å²) in [6.07, 6.45) is 6.28. The maximum atomic E-state index is 13.7. The quantitative estimate of drug-likeness (QED) is 0.752. The molecule has 26 heavy (non-hydrogen) atoms. The Morgan fingerprint density at radius 1 is 1.12 bits per heavy atom. The molecule has 1 saturated carbocycles. The Balaban J connectivity index is 2.14. The molecule has 1 aromatic rings. The first-order valence-corrected chi connectivity index (χ1v) is 10.9. The molecule has 1 aliphatic carbocycles. The highest BCUT2D eigenvalue weighted by molar-refractivity contribution is 7.89. The van der Waals surface area contributed by atoms with E-state index in [0.717, 1.165) is 44.1 Å². The highest BCUT2D eigenvalue weighted by Gasteiger charge is 2.53. The largest absolute Gasteiger partial charge is 0.468 e. The number of benzene rings is 1. The molecule has 0 amide bonds. The molecule has 2 fully saturated rings. The van der Waals surface area contributed by atoms with E-state index in [0.29, 0.717) is 12.3 Å². The molecule has 1 saturated heterocycles. The summed E-state index contributed by atoms with van der Waals surface area (Å²) in [5.41, 5.74) is -0.152. The lowest BCUT2D eigenvalue weighted by atomic mass is 9.82. The number of carbonyl (C=O) groups excluding carboxylic acids is 1. The van der Waals surface area contributed by atoms with Gasteiger partial charge >= 0.3 is 5.97 Å². The summed E-state index contributed by atoms with van der Waals surface area (Å²) in [6.45, 7) is 3.67. The van der Waals surface area contributed by atoms with Crippen molar-refractivity contribution in [2.45, 2.75) is 75.3 Å². The third-order valence-electron chi connectivity index (χ3n) is 6.10. The Morgan fingerprint density at radius 2 is 1.73 bits per heavy atom. The minimum atomic E-state index is -3.80. The summed E-state index contributed by atoms with van der Waals surface area (Å²) in [7, 11) is -2.46. The summed E-state index contributed by atoms with van der Waals surface area (Å²) in [4.78, 5) is 13.0. The van der Waals surface area contributed by atoms with Gasteiger partial charge in [-0.3, -0.25) is 4.79 Å². The van der Waals surface area contributed by atoms with Gasteiger partial charge < -0.3 is 4.74 Å². The molecule has 1 aliphatic heterocycles. The number of methoxy groups -OCH3 is 1. The van der Waals surface area contributed by atoms with Crippen molar-refractivity contribution in [2.24, 2.45) is 5.92 Å². The highest BCUT2D eigenvalue weighted by atomic mass is 32.2. The van der Waals surface area contributed by atoms with E-state index < -0.39 is 21.5 Å². The second-order valence-corrected chi connectivity index (χ2v) is 9.70. The molecule has 6 heteroatoms. The number of rotatable bonds is 3. The van der Waals surface area contributed by atoms with Crippen LogP contribution in [0.2, 0.25) is 0 Å². The molecule has 3 atom stereocenters. The Hall–Kier alpha value is -1.40. The Morgan fingerprint density at radius 3 is 2.38 bits per heavy atom. The Bertz CT molecular complexity index is 759. The first-order valence-electron chi connectivity index (χ1n) is 9.50. The van der Waals surface area contributed by atoms with Gasteiger partial charge in [-0.2, -0.15) is 4.31 Å². The third kappa shape index (κ3) is 3.29. The van der Waals surface area contributed by atoms with E-state index in [1.807, 2.05) is 6.92 Å². The first-order chi connectivity index (χ1) is 12.3. The van der Waals surface area contributed by atoms with Crippen molar-refractivity contribution in [3.8, 4) is 0 Å². The van der Waals surface area contributed by atoms with E-state index in [-0.39, 0.29) is 10.9 Å². The molecule has 3 rings (SSSR count). The van der Waals surface area contributed by atoms with Crippen molar-refractivity contribution in [2.75, 3.05) is 7.11 Å². The molecule has 2 aliphatic rings. The number of aryl methyl sites for hydroxylation is 1. The minimum absolute atomic E-state index is 0.137. The minimum Gasteiger partial charge on any atom is -0.468 e. The predicted octanol–water partition coefficient (Wildman–Crippen LogP) is 3.66. The zero-order valence-electron chi connectivity index (χ0n) is 15.9. The molecule has 1 aromatic carbocycles. The van der Waals surface area contributed by atoms with E-state index in [2.05, 4.69) is 0 Å². The van der Waals surface area contributed by atoms with Crippen molar-refractivity contribution in [1.29, 1.82) is 0 Å². The van der Waals surface area contributed by atoms with Crippen LogP contribution in [0.25, 0.3) is 0 Å². The second kappa shape index (κ2) is 7.31. The van der Waals surface area contributed by atoms with Gasteiger partial charge in [0.2, 0.25) is 10.0 Å². The van der Waals surface area contributed by atoms with Crippen LogP contribution >= 0.6 is 0 Å². The third-order valence-corrected chi connectivity index (χ3v) is 8.16. The standard InChI is InChI=1S/C20H29NO4S/c1-15-10-12-17(13-11-15)26(23,24)21-18-9-5-4-7-16(18)8-6-14-20(21,2)19(22)25-3/h10-13,16,18H,4-9,14H2,1-3H3. The van der Waals surface area contributed by atoms with Gasteiger partial charge in [-0.25, -0.2) is 8.42 Å². The summed E-state index contributed by atoms with van der Waals surface area (Å²) < 4.78 is 33.9. The molecule has 1 heterocycles. The monoisotopic (exact) mass is 379 g/mol. The van der Waals surface area contributed by atoms with Crippen LogP contribution in [0.5, 0.6) is 0 Å². The topological polar surface area (TPSA) is 63.7 Å². The smallest absolute Gasteiger partial charge is 0.327 e. The molecular formula is C20H29NO4S. The zero-order valence-corrected chi connectivity index (χ0v) is 16.7. The zero-order chi connectivity index (χ0) is 18.9. The number of esters is 1. The van der Waals surface area contributed by atoms with E-state index in [1.165, 1.54) is 11.4 Å². The molecule has 144 valence electrons. The lowest BCUT2D eigenvalue weighted by molar-refractivity contribution is -0.152. The number of ether oxygens (including phenoxy) is 1. The second-order valence-electron chi connectivity index (χ2n) is 7.88. The molecule has 0 radical (unpaired) electrons. The van der Waals surface area contributed by atoms with Crippen molar-refractivity contribution in [3.05, 3.63) is 29.8 Å². The van der Waals surface area contributed by atoms with Crippen molar-refractivity contribution >= 4 is 16.0 Å². The van der Waals surface area contributed by atoms with Crippen molar-refractivity contribution < 1.29 is 17.9 Å². The fraction of sp³-hybridized carbons (Fsp3) is 0.650. The average molecular weight is 380 g/mol. The number of nitrogens with zero attached hydrogens (tertiary/aromatic N) is 1. The van der Waals surface area contributed by atoms with Crippen LogP contribution in [0.15, 0.2) is 29.2 Å². The van der Waals surface area contributed by atoms with Crippen LogP contribution in [0.3, 0.4) is 0 Å². The van der Waals surface area contributed by atoms with Crippen molar-refractivity contribution in [3.63, 3.8) is 0 Å². The van der Waals surface area contributed by atoms with Gasteiger partial charge in [0, 0.05) is 6.04 Å². The maximum Gasteiger partial charge on any atom is 0.327 e. The average Bonchev–Trinajstić information content (AvgIpc) is 2.78. The Kier molecular flexibility index (Phi) is 5.45. The van der Waals surface area contributed by atoms with Crippen molar-refractivity contribution in [1.82, 2.24) is 4.31 Å². The Labute approximate surface area is 156 Å². The van der Waals surface area contributed by atoms with Gasteiger partial charge in [0.25, 0.3) is 0 Å². The van der Waals surface area contributed by atoms with Gasteiger partial charge in [-0.15, -0.1) is 0 Å². The van der Waals surface area contributed by atoms with Crippen LogP contribution in [0.1, 0.15) is 57.4 Å². The van der Waals surface area contributed by atoms with Crippen LogP contribution in [0.4, 0.5) is 0 Å². The highest BCUT2D eigenvalue weighted by Crippen LogP contribution is 2.44. The van der Waals surface area contributed by atoms with E-state index >= 15 is 0 Å².